The summed E-state index contributed by atoms with van der Waals surface area (Å²) in [5.74, 6) is 0.872. The van der Waals surface area contributed by atoms with Crippen molar-refractivity contribution in [2.24, 2.45) is 0 Å². The van der Waals surface area contributed by atoms with Crippen LogP contribution in [0.15, 0.2) is 30.3 Å². The van der Waals surface area contributed by atoms with Gasteiger partial charge in [-0.1, -0.05) is 18.2 Å². The van der Waals surface area contributed by atoms with Crippen LogP contribution >= 0.6 is 12.4 Å². The van der Waals surface area contributed by atoms with E-state index in [1.807, 2.05) is 35.2 Å². The van der Waals surface area contributed by atoms with Crippen molar-refractivity contribution < 1.29 is 14.3 Å². The van der Waals surface area contributed by atoms with Crippen LogP contribution in [0.25, 0.3) is 0 Å². The van der Waals surface area contributed by atoms with Crippen molar-refractivity contribution in [3.8, 4) is 5.75 Å². The number of halogens is 1. The highest BCUT2D eigenvalue weighted by atomic mass is 35.5. The van der Waals surface area contributed by atoms with Crippen LogP contribution < -0.4 is 10.1 Å². The highest BCUT2D eigenvalue weighted by Gasteiger charge is 2.45. The summed E-state index contributed by atoms with van der Waals surface area (Å²) in [5, 5.41) is 3.31. The molecule has 1 N–H and O–H groups in total. The molecule has 0 saturated carbocycles. The zero-order chi connectivity index (χ0) is 14.5. The molecule has 122 valence electrons. The molecule has 0 bridgehead atoms. The normalized spacial score (nSPS) is 19.6. The van der Waals surface area contributed by atoms with Crippen LogP contribution in [0.5, 0.6) is 5.75 Å². The average Bonchev–Trinajstić information content (AvgIpc) is 2.81. The summed E-state index contributed by atoms with van der Waals surface area (Å²) in [6.45, 7) is 3.89. The minimum atomic E-state index is -0.247. The Balaban J connectivity index is 0.00000176. The fraction of sp³-hybridized carbons (Fsp3) is 0.562. The first-order valence-corrected chi connectivity index (χ1v) is 7.64. The minimum absolute atomic E-state index is 0. The van der Waals surface area contributed by atoms with Crippen LogP contribution in [0.4, 0.5) is 4.79 Å². The smallest absolute Gasteiger partial charge is 0.410 e. The highest BCUT2D eigenvalue weighted by Crippen LogP contribution is 2.31. The van der Waals surface area contributed by atoms with Gasteiger partial charge in [0, 0.05) is 19.4 Å². The van der Waals surface area contributed by atoms with Gasteiger partial charge in [0.05, 0.1) is 13.2 Å². The van der Waals surface area contributed by atoms with Gasteiger partial charge >= 0.3 is 6.09 Å². The molecule has 2 fully saturated rings. The lowest BCUT2D eigenvalue weighted by atomic mass is 9.92. The summed E-state index contributed by atoms with van der Waals surface area (Å²) in [5.41, 5.74) is -0.247. The van der Waals surface area contributed by atoms with Crippen LogP contribution in [0, 0.1) is 0 Å². The first-order chi connectivity index (χ1) is 10.3. The van der Waals surface area contributed by atoms with Crippen molar-refractivity contribution in [3.63, 3.8) is 0 Å². The van der Waals surface area contributed by atoms with E-state index in [1.54, 1.807) is 0 Å². The number of nitrogens with one attached hydrogen (secondary N) is 1. The number of piperidine rings is 1. The molecule has 0 radical (unpaired) electrons. The van der Waals surface area contributed by atoms with E-state index in [-0.39, 0.29) is 24.1 Å². The van der Waals surface area contributed by atoms with Gasteiger partial charge in [0.25, 0.3) is 0 Å². The predicted molar refractivity (Wildman–Crippen MR) is 86.7 cm³/mol. The highest BCUT2D eigenvalue weighted by molar-refractivity contribution is 5.85. The number of nitrogens with zero attached hydrogens (tertiary/aromatic N) is 1. The van der Waals surface area contributed by atoms with E-state index >= 15 is 0 Å². The lowest BCUT2D eigenvalue weighted by molar-refractivity contribution is 0.0316. The largest absolute Gasteiger partial charge is 0.494 e. The van der Waals surface area contributed by atoms with E-state index in [2.05, 4.69) is 5.32 Å². The first-order valence-electron chi connectivity index (χ1n) is 7.64. The molecule has 1 amide bonds. The van der Waals surface area contributed by atoms with Gasteiger partial charge < -0.3 is 19.7 Å². The van der Waals surface area contributed by atoms with E-state index in [4.69, 9.17) is 9.47 Å². The molecule has 5 nitrogen and oxygen atoms in total. The van der Waals surface area contributed by atoms with Crippen LogP contribution in [-0.4, -0.2) is 49.4 Å². The second kappa shape index (κ2) is 7.70. The Morgan fingerprint density at radius 2 is 1.95 bits per heavy atom. The maximum absolute atomic E-state index is 12.0. The number of carbonyl (C=O) groups is 1. The number of hydrogen-bond donors (Lipinski definition) is 1. The lowest BCUT2D eigenvalue weighted by Crippen LogP contribution is -2.45. The number of rotatable bonds is 5. The van der Waals surface area contributed by atoms with Crippen molar-refractivity contribution in [1.29, 1.82) is 0 Å². The van der Waals surface area contributed by atoms with E-state index < -0.39 is 0 Å². The van der Waals surface area contributed by atoms with Gasteiger partial charge in [-0.25, -0.2) is 4.79 Å². The van der Waals surface area contributed by atoms with Crippen molar-refractivity contribution in [3.05, 3.63) is 30.3 Å². The van der Waals surface area contributed by atoms with Crippen LogP contribution in [0.1, 0.15) is 19.3 Å². The SMILES string of the molecule is Cl.O=C1OC2(CCNCC2)CN1CCCOc1ccccc1. The fourth-order valence-electron chi connectivity index (χ4n) is 2.97. The fourth-order valence-corrected chi connectivity index (χ4v) is 2.97. The Morgan fingerprint density at radius 3 is 2.68 bits per heavy atom. The molecule has 1 aromatic carbocycles. The van der Waals surface area contributed by atoms with Gasteiger partial charge in [-0.15, -0.1) is 12.4 Å². The van der Waals surface area contributed by atoms with E-state index in [9.17, 15) is 4.79 Å². The number of amides is 1. The predicted octanol–water partition coefficient (Wildman–Crippen LogP) is 2.45. The molecule has 0 aromatic heterocycles. The molecular weight excluding hydrogens is 304 g/mol. The molecular formula is C16H23ClN2O3. The monoisotopic (exact) mass is 326 g/mol. The molecule has 0 aliphatic carbocycles. The minimum Gasteiger partial charge on any atom is -0.494 e. The van der Waals surface area contributed by atoms with Gasteiger partial charge in [-0.2, -0.15) is 0 Å². The van der Waals surface area contributed by atoms with Crippen molar-refractivity contribution in [2.45, 2.75) is 24.9 Å². The molecule has 0 unspecified atom stereocenters. The zero-order valence-corrected chi connectivity index (χ0v) is 13.4. The Bertz CT molecular complexity index is 478. The Labute approximate surface area is 137 Å². The zero-order valence-electron chi connectivity index (χ0n) is 12.6. The summed E-state index contributed by atoms with van der Waals surface area (Å²) in [6, 6.07) is 9.75. The standard InChI is InChI=1S/C16H22N2O3.ClH/c19-15-18(13-16(21-15)7-9-17-10-8-16)11-4-12-20-14-5-2-1-3-6-14;/h1-3,5-6,17H,4,7-13H2;1H. The average molecular weight is 327 g/mol. The molecule has 22 heavy (non-hydrogen) atoms. The van der Waals surface area contributed by atoms with Gasteiger partial charge in [0.15, 0.2) is 0 Å². The number of ether oxygens (including phenoxy) is 2. The van der Waals surface area contributed by atoms with E-state index in [0.717, 1.165) is 44.6 Å². The number of para-hydroxylation sites is 1. The van der Waals surface area contributed by atoms with Crippen molar-refractivity contribution in [2.75, 3.05) is 32.8 Å². The topological polar surface area (TPSA) is 50.8 Å². The van der Waals surface area contributed by atoms with Gasteiger partial charge in [-0.05, 0) is 31.6 Å². The maximum atomic E-state index is 12.0. The molecule has 6 heteroatoms. The Morgan fingerprint density at radius 1 is 1.23 bits per heavy atom. The van der Waals surface area contributed by atoms with Gasteiger partial charge in [-0.3, -0.25) is 0 Å². The second-order valence-electron chi connectivity index (χ2n) is 5.74. The first kappa shape index (κ1) is 16.9. The summed E-state index contributed by atoms with van der Waals surface area (Å²) in [4.78, 5) is 13.8. The van der Waals surface area contributed by atoms with Gasteiger partial charge in [0.1, 0.15) is 11.4 Å². The molecule has 1 spiro atoms. The second-order valence-corrected chi connectivity index (χ2v) is 5.74. The molecule has 2 heterocycles. The third-order valence-electron chi connectivity index (χ3n) is 4.14. The Kier molecular flexibility index (Phi) is 5.91. The summed E-state index contributed by atoms with van der Waals surface area (Å²) in [6.07, 6.45) is 2.47. The van der Waals surface area contributed by atoms with Crippen LogP contribution in [-0.2, 0) is 4.74 Å². The summed E-state index contributed by atoms with van der Waals surface area (Å²) >= 11 is 0. The number of carbonyl (C=O) groups excluding carboxylic acids is 1. The lowest BCUT2D eigenvalue weighted by Gasteiger charge is -2.31. The van der Waals surface area contributed by atoms with E-state index in [1.165, 1.54) is 0 Å². The maximum Gasteiger partial charge on any atom is 0.410 e. The van der Waals surface area contributed by atoms with Crippen LogP contribution in [0.2, 0.25) is 0 Å². The van der Waals surface area contributed by atoms with Crippen molar-refractivity contribution >= 4 is 18.5 Å². The molecule has 2 saturated heterocycles. The number of hydrogen-bond acceptors (Lipinski definition) is 4. The molecule has 2 aliphatic heterocycles. The molecule has 0 atom stereocenters. The third kappa shape index (κ3) is 4.05. The molecule has 2 aliphatic rings. The summed E-state index contributed by atoms with van der Waals surface area (Å²) in [7, 11) is 0. The summed E-state index contributed by atoms with van der Waals surface area (Å²) < 4.78 is 11.3. The molecule has 1 aromatic rings. The molecule has 3 rings (SSSR count). The van der Waals surface area contributed by atoms with Crippen molar-refractivity contribution in [1.82, 2.24) is 10.2 Å². The Hall–Kier alpha value is -1.46. The van der Waals surface area contributed by atoms with Gasteiger partial charge in [0.2, 0.25) is 0 Å². The third-order valence-corrected chi connectivity index (χ3v) is 4.14. The van der Waals surface area contributed by atoms with E-state index in [0.29, 0.717) is 13.2 Å². The van der Waals surface area contributed by atoms with Crippen LogP contribution in [0.3, 0.4) is 0 Å². The number of benzene rings is 1. The quantitative estimate of drug-likeness (QED) is 0.844.